The Bertz CT molecular complexity index is 950. The number of amides is 1. The van der Waals surface area contributed by atoms with Crippen LogP contribution in [-0.2, 0) is 19.1 Å². The Morgan fingerprint density at radius 1 is 0.964 bits per heavy atom. The van der Waals surface area contributed by atoms with Crippen LogP contribution in [0.2, 0.25) is 0 Å². The number of fused-ring (bicyclic) bond motifs is 1. The van der Waals surface area contributed by atoms with Crippen molar-refractivity contribution < 1.29 is 23.9 Å². The third-order valence-corrected chi connectivity index (χ3v) is 5.01. The summed E-state index contributed by atoms with van der Waals surface area (Å²) in [6.45, 7) is 1.19. The van der Waals surface area contributed by atoms with Crippen LogP contribution in [0.25, 0.3) is 10.1 Å². The van der Waals surface area contributed by atoms with Crippen LogP contribution in [-0.4, -0.2) is 37.6 Å². The van der Waals surface area contributed by atoms with Crippen molar-refractivity contribution in [1.29, 1.82) is 0 Å². The molecule has 0 bridgehead atoms. The van der Waals surface area contributed by atoms with Crippen molar-refractivity contribution in [2.45, 2.75) is 6.92 Å². The SMILES string of the molecule is CCOC(=O)CN(C(=O)COC(=O)c1cc2ccccc2s1)c1ccccc1. The Kier molecular flexibility index (Phi) is 6.39. The number of para-hydroxylation sites is 1. The number of hydrogen-bond acceptors (Lipinski definition) is 6. The number of esters is 2. The monoisotopic (exact) mass is 397 g/mol. The van der Waals surface area contributed by atoms with Gasteiger partial charge in [0.15, 0.2) is 6.61 Å². The molecule has 1 heterocycles. The van der Waals surface area contributed by atoms with E-state index in [0.29, 0.717) is 10.6 Å². The first kappa shape index (κ1) is 19.6. The fourth-order valence-corrected chi connectivity index (χ4v) is 3.58. The van der Waals surface area contributed by atoms with Gasteiger partial charge in [-0.2, -0.15) is 0 Å². The van der Waals surface area contributed by atoms with Crippen molar-refractivity contribution in [2.24, 2.45) is 0 Å². The maximum atomic E-state index is 12.6. The average molecular weight is 397 g/mol. The molecule has 0 N–H and O–H groups in total. The molecule has 1 aromatic heterocycles. The normalized spacial score (nSPS) is 10.5. The van der Waals surface area contributed by atoms with Crippen LogP contribution in [0.4, 0.5) is 5.69 Å². The van der Waals surface area contributed by atoms with Gasteiger partial charge in [-0.15, -0.1) is 11.3 Å². The number of carbonyl (C=O) groups excluding carboxylic acids is 3. The first-order valence-corrected chi connectivity index (χ1v) is 9.57. The summed E-state index contributed by atoms with van der Waals surface area (Å²) in [7, 11) is 0. The van der Waals surface area contributed by atoms with E-state index in [1.54, 1.807) is 43.3 Å². The lowest BCUT2D eigenvalue weighted by atomic mass is 10.2. The predicted octanol–water partition coefficient (Wildman–Crippen LogP) is 3.65. The molecule has 0 radical (unpaired) electrons. The van der Waals surface area contributed by atoms with Crippen LogP contribution in [0.5, 0.6) is 0 Å². The van der Waals surface area contributed by atoms with E-state index in [4.69, 9.17) is 9.47 Å². The molecule has 0 aliphatic rings. The summed E-state index contributed by atoms with van der Waals surface area (Å²) in [5.74, 6) is -1.61. The van der Waals surface area contributed by atoms with Crippen LogP contribution in [0.3, 0.4) is 0 Å². The first-order chi connectivity index (χ1) is 13.6. The third-order valence-electron chi connectivity index (χ3n) is 3.91. The Labute approximate surface area is 166 Å². The molecular formula is C21H19NO5S. The van der Waals surface area contributed by atoms with Crippen molar-refractivity contribution in [1.82, 2.24) is 0 Å². The van der Waals surface area contributed by atoms with Crippen LogP contribution in [0.15, 0.2) is 60.7 Å². The van der Waals surface area contributed by atoms with Gasteiger partial charge in [0, 0.05) is 10.4 Å². The van der Waals surface area contributed by atoms with Gasteiger partial charge in [0.05, 0.1) is 6.61 Å². The van der Waals surface area contributed by atoms with Crippen molar-refractivity contribution >= 4 is 45.0 Å². The molecule has 1 amide bonds. The van der Waals surface area contributed by atoms with E-state index < -0.39 is 24.5 Å². The number of thiophene rings is 1. The number of nitrogens with zero attached hydrogens (tertiary/aromatic N) is 1. The first-order valence-electron chi connectivity index (χ1n) is 8.75. The van der Waals surface area contributed by atoms with Crippen molar-refractivity contribution in [3.63, 3.8) is 0 Å². The minimum Gasteiger partial charge on any atom is -0.465 e. The molecule has 28 heavy (non-hydrogen) atoms. The summed E-state index contributed by atoms with van der Waals surface area (Å²) in [5, 5.41) is 0.944. The molecule has 0 aliphatic carbocycles. The minimum atomic E-state index is -0.571. The van der Waals surface area contributed by atoms with Gasteiger partial charge in [0.25, 0.3) is 5.91 Å². The number of ether oxygens (including phenoxy) is 2. The molecule has 0 aliphatic heterocycles. The number of hydrogen-bond donors (Lipinski definition) is 0. The molecule has 0 saturated heterocycles. The van der Waals surface area contributed by atoms with E-state index in [-0.39, 0.29) is 13.2 Å². The summed E-state index contributed by atoms with van der Waals surface area (Å²) in [6, 6.07) is 18.1. The second-order valence-electron chi connectivity index (χ2n) is 5.85. The topological polar surface area (TPSA) is 72.9 Å². The number of anilines is 1. The summed E-state index contributed by atoms with van der Waals surface area (Å²) in [4.78, 5) is 38.5. The summed E-state index contributed by atoms with van der Waals surface area (Å²) < 4.78 is 11.1. The number of rotatable bonds is 7. The van der Waals surface area contributed by atoms with E-state index in [9.17, 15) is 14.4 Å². The molecule has 2 aromatic carbocycles. The number of carbonyl (C=O) groups is 3. The summed E-state index contributed by atoms with van der Waals surface area (Å²) >= 11 is 1.31. The van der Waals surface area contributed by atoms with Crippen LogP contribution in [0.1, 0.15) is 16.6 Å². The number of benzene rings is 2. The molecule has 144 valence electrons. The smallest absolute Gasteiger partial charge is 0.348 e. The Balaban J connectivity index is 1.68. The zero-order chi connectivity index (χ0) is 19.9. The predicted molar refractivity (Wildman–Crippen MR) is 108 cm³/mol. The van der Waals surface area contributed by atoms with E-state index in [1.807, 2.05) is 24.3 Å². The van der Waals surface area contributed by atoms with Gasteiger partial charge in [-0.3, -0.25) is 14.5 Å². The zero-order valence-corrected chi connectivity index (χ0v) is 16.1. The highest BCUT2D eigenvalue weighted by Crippen LogP contribution is 2.25. The van der Waals surface area contributed by atoms with E-state index >= 15 is 0 Å². The van der Waals surface area contributed by atoms with Crippen molar-refractivity contribution in [3.05, 3.63) is 65.5 Å². The highest BCUT2D eigenvalue weighted by atomic mass is 32.1. The third kappa shape index (κ3) is 4.75. The molecule has 0 unspecified atom stereocenters. The molecule has 3 aromatic rings. The van der Waals surface area contributed by atoms with Crippen LogP contribution in [0, 0.1) is 0 Å². The van der Waals surface area contributed by atoms with E-state index in [1.165, 1.54) is 16.2 Å². The Morgan fingerprint density at radius 2 is 1.68 bits per heavy atom. The largest absolute Gasteiger partial charge is 0.465 e. The Hall–Kier alpha value is -3.19. The van der Waals surface area contributed by atoms with Gasteiger partial charge in [0.1, 0.15) is 11.4 Å². The summed E-state index contributed by atoms with van der Waals surface area (Å²) in [5.41, 5.74) is 0.526. The second kappa shape index (κ2) is 9.14. The average Bonchev–Trinajstić information content (AvgIpc) is 3.15. The van der Waals surface area contributed by atoms with Gasteiger partial charge >= 0.3 is 11.9 Å². The maximum absolute atomic E-state index is 12.6. The maximum Gasteiger partial charge on any atom is 0.348 e. The summed E-state index contributed by atoms with van der Waals surface area (Å²) in [6.07, 6.45) is 0. The lowest BCUT2D eigenvalue weighted by molar-refractivity contribution is -0.142. The molecule has 7 heteroatoms. The van der Waals surface area contributed by atoms with E-state index in [0.717, 1.165) is 10.1 Å². The highest BCUT2D eigenvalue weighted by Gasteiger charge is 2.22. The molecule has 0 spiro atoms. The van der Waals surface area contributed by atoms with Crippen LogP contribution >= 0.6 is 11.3 Å². The highest BCUT2D eigenvalue weighted by molar-refractivity contribution is 7.20. The van der Waals surface area contributed by atoms with Gasteiger partial charge in [-0.1, -0.05) is 36.4 Å². The van der Waals surface area contributed by atoms with Gasteiger partial charge < -0.3 is 9.47 Å². The molecular weight excluding hydrogens is 378 g/mol. The quantitative estimate of drug-likeness (QED) is 0.569. The Morgan fingerprint density at radius 3 is 2.39 bits per heavy atom. The second-order valence-corrected chi connectivity index (χ2v) is 6.93. The van der Waals surface area contributed by atoms with Gasteiger partial charge in [-0.05, 0) is 36.6 Å². The van der Waals surface area contributed by atoms with E-state index in [2.05, 4.69) is 0 Å². The minimum absolute atomic E-state index is 0.219. The molecule has 6 nitrogen and oxygen atoms in total. The zero-order valence-electron chi connectivity index (χ0n) is 15.3. The van der Waals surface area contributed by atoms with Crippen molar-refractivity contribution in [3.8, 4) is 0 Å². The van der Waals surface area contributed by atoms with Gasteiger partial charge in [-0.25, -0.2) is 4.79 Å². The van der Waals surface area contributed by atoms with Crippen molar-refractivity contribution in [2.75, 3.05) is 24.7 Å². The molecule has 0 fully saturated rings. The van der Waals surface area contributed by atoms with Gasteiger partial charge in [0.2, 0.25) is 0 Å². The molecule has 3 rings (SSSR count). The standard InChI is InChI=1S/C21H19NO5S/c1-2-26-20(24)13-22(16-9-4-3-5-10-16)19(23)14-27-21(25)18-12-15-8-6-7-11-17(15)28-18/h3-12H,2,13-14H2,1H3. The van der Waals surface area contributed by atoms with Crippen LogP contribution < -0.4 is 4.90 Å². The fraction of sp³-hybridized carbons (Fsp3) is 0.190. The lowest BCUT2D eigenvalue weighted by Gasteiger charge is -2.21. The molecule has 0 saturated carbocycles. The fourth-order valence-electron chi connectivity index (χ4n) is 2.63. The molecule has 0 atom stereocenters. The lowest BCUT2D eigenvalue weighted by Crippen LogP contribution is -2.39.